The summed E-state index contributed by atoms with van der Waals surface area (Å²) in [4.78, 5) is 10.8. The first kappa shape index (κ1) is 10.6. The van der Waals surface area contributed by atoms with Gasteiger partial charge in [0, 0.05) is 19.2 Å². The zero-order chi connectivity index (χ0) is 10.4. The number of nitrogens with zero attached hydrogens (tertiary/aromatic N) is 2. The van der Waals surface area contributed by atoms with Gasteiger partial charge in [-0.3, -0.25) is 9.48 Å². The summed E-state index contributed by atoms with van der Waals surface area (Å²) < 4.78 is 6.30. The van der Waals surface area contributed by atoms with Gasteiger partial charge in [-0.1, -0.05) is 0 Å². The Morgan fingerprint density at radius 3 is 3.00 bits per heavy atom. The van der Waals surface area contributed by atoms with Crippen LogP contribution in [-0.2, 0) is 16.1 Å². The molecule has 78 valence electrons. The van der Waals surface area contributed by atoms with Crippen LogP contribution < -0.4 is 5.73 Å². The van der Waals surface area contributed by atoms with Crippen molar-refractivity contribution in [2.45, 2.75) is 25.8 Å². The van der Waals surface area contributed by atoms with E-state index in [1.807, 2.05) is 0 Å². The van der Waals surface area contributed by atoms with Gasteiger partial charge in [0.15, 0.2) is 0 Å². The highest BCUT2D eigenvalue weighted by Gasteiger charge is 1.99. The van der Waals surface area contributed by atoms with Gasteiger partial charge < -0.3 is 10.5 Å². The predicted octanol–water partition coefficient (Wildman–Crippen LogP) is 0.809. The molecule has 0 unspecified atom stereocenters. The average molecular weight is 197 g/mol. The normalized spacial score (nSPS) is 10.1. The minimum absolute atomic E-state index is 0.162. The van der Waals surface area contributed by atoms with Crippen LogP contribution in [0.1, 0.15) is 19.3 Å². The Labute approximate surface area is 82.8 Å². The van der Waals surface area contributed by atoms with Crippen molar-refractivity contribution in [1.29, 1.82) is 0 Å². The molecule has 0 spiro atoms. The van der Waals surface area contributed by atoms with Crippen LogP contribution in [-0.4, -0.2) is 22.9 Å². The number of aryl methyl sites for hydroxylation is 1. The summed E-state index contributed by atoms with van der Waals surface area (Å²) in [5, 5.41) is 4.03. The van der Waals surface area contributed by atoms with E-state index < -0.39 is 0 Å². The molecule has 5 nitrogen and oxygen atoms in total. The molecule has 0 amide bonds. The molecule has 0 bridgehead atoms. The molecule has 0 aliphatic carbocycles. The van der Waals surface area contributed by atoms with E-state index >= 15 is 0 Å². The van der Waals surface area contributed by atoms with Crippen LogP contribution in [0.4, 0.5) is 5.69 Å². The number of nitrogens with two attached hydrogens (primary N) is 1. The maximum Gasteiger partial charge on any atom is 0.305 e. The third kappa shape index (κ3) is 3.47. The number of anilines is 1. The number of hydrogen-bond acceptors (Lipinski definition) is 4. The first-order chi connectivity index (χ1) is 6.72. The highest BCUT2D eigenvalue weighted by atomic mass is 16.5. The minimum Gasteiger partial charge on any atom is -0.469 e. The summed E-state index contributed by atoms with van der Waals surface area (Å²) >= 11 is 0. The molecule has 0 aliphatic rings. The smallest absolute Gasteiger partial charge is 0.305 e. The van der Waals surface area contributed by atoms with Crippen LogP contribution >= 0.6 is 0 Å². The number of nitrogen functional groups attached to an aromatic ring is 1. The Morgan fingerprint density at radius 2 is 2.43 bits per heavy atom. The topological polar surface area (TPSA) is 70.1 Å². The Bertz CT molecular complexity index is 296. The van der Waals surface area contributed by atoms with Gasteiger partial charge in [0.2, 0.25) is 0 Å². The Balaban J connectivity index is 2.13. The average Bonchev–Trinajstić information content (AvgIpc) is 2.58. The molecule has 0 fully saturated rings. The quantitative estimate of drug-likeness (QED) is 0.560. The number of rotatable bonds is 5. The van der Waals surface area contributed by atoms with E-state index in [0.717, 1.165) is 19.4 Å². The van der Waals surface area contributed by atoms with Gasteiger partial charge in [-0.05, 0) is 12.8 Å². The lowest BCUT2D eigenvalue weighted by molar-refractivity contribution is -0.140. The third-order valence-corrected chi connectivity index (χ3v) is 1.90. The van der Waals surface area contributed by atoms with Crippen LogP contribution in [0.3, 0.4) is 0 Å². The first-order valence-corrected chi connectivity index (χ1v) is 4.57. The van der Waals surface area contributed by atoms with Crippen LogP contribution in [0, 0.1) is 0 Å². The zero-order valence-corrected chi connectivity index (χ0v) is 8.27. The lowest BCUT2D eigenvalue weighted by Crippen LogP contribution is -2.02. The number of carbonyl (C=O) groups excluding carboxylic acids is 1. The lowest BCUT2D eigenvalue weighted by atomic mass is 10.2. The van der Waals surface area contributed by atoms with Crippen LogP contribution in [0.2, 0.25) is 0 Å². The molecule has 5 heteroatoms. The van der Waals surface area contributed by atoms with Crippen LogP contribution in [0.15, 0.2) is 12.4 Å². The second-order valence-electron chi connectivity index (χ2n) is 3.07. The number of unbranched alkanes of at least 4 members (excludes halogenated alkanes) is 1. The van der Waals surface area contributed by atoms with Gasteiger partial charge >= 0.3 is 5.97 Å². The monoisotopic (exact) mass is 197 g/mol. The Morgan fingerprint density at radius 1 is 1.64 bits per heavy atom. The number of carbonyl (C=O) groups is 1. The van der Waals surface area contributed by atoms with Crippen molar-refractivity contribution in [2.24, 2.45) is 0 Å². The van der Waals surface area contributed by atoms with Gasteiger partial charge in [0.05, 0.1) is 19.0 Å². The highest BCUT2D eigenvalue weighted by Crippen LogP contribution is 2.02. The van der Waals surface area contributed by atoms with E-state index in [1.165, 1.54) is 7.11 Å². The number of methoxy groups -OCH3 is 1. The van der Waals surface area contributed by atoms with Crippen molar-refractivity contribution in [3.8, 4) is 0 Å². The molecule has 0 saturated heterocycles. The molecule has 0 aliphatic heterocycles. The van der Waals surface area contributed by atoms with Gasteiger partial charge in [0.1, 0.15) is 0 Å². The van der Waals surface area contributed by atoms with Crippen molar-refractivity contribution in [2.75, 3.05) is 12.8 Å². The SMILES string of the molecule is COC(=O)CCCCn1cc(N)cn1. The number of esters is 1. The maximum absolute atomic E-state index is 10.8. The zero-order valence-electron chi connectivity index (χ0n) is 8.27. The largest absolute Gasteiger partial charge is 0.469 e. The fourth-order valence-electron chi connectivity index (χ4n) is 1.15. The van der Waals surface area contributed by atoms with Gasteiger partial charge in [0.25, 0.3) is 0 Å². The van der Waals surface area contributed by atoms with E-state index in [2.05, 4.69) is 9.84 Å². The molecule has 1 heterocycles. The predicted molar refractivity (Wildman–Crippen MR) is 52.5 cm³/mol. The molecule has 2 N–H and O–H groups in total. The van der Waals surface area contributed by atoms with E-state index in [9.17, 15) is 4.79 Å². The molecule has 0 aromatic carbocycles. The molecule has 0 atom stereocenters. The number of hydrogen-bond donors (Lipinski definition) is 1. The minimum atomic E-state index is -0.162. The molecule has 1 aromatic rings. The number of aromatic nitrogens is 2. The molecule has 1 rings (SSSR count). The fraction of sp³-hybridized carbons (Fsp3) is 0.556. The van der Waals surface area contributed by atoms with Crippen LogP contribution in [0.5, 0.6) is 0 Å². The van der Waals surface area contributed by atoms with Crippen molar-refractivity contribution in [1.82, 2.24) is 9.78 Å². The Kier molecular flexibility index (Phi) is 3.97. The highest BCUT2D eigenvalue weighted by molar-refractivity contribution is 5.68. The molecule has 0 saturated carbocycles. The molecular formula is C9H15N3O2. The van der Waals surface area contributed by atoms with E-state index in [-0.39, 0.29) is 5.97 Å². The molecular weight excluding hydrogens is 182 g/mol. The van der Waals surface area contributed by atoms with Crippen molar-refractivity contribution in [3.63, 3.8) is 0 Å². The van der Waals surface area contributed by atoms with Crippen molar-refractivity contribution in [3.05, 3.63) is 12.4 Å². The summed E-state index contributed by atoms with van der Waals surface area (Å²) in [5.41, 5.74) is 6.16. The molecule has 14 heavy (non-hydrogen) atoms. The summed E-state index contributed by atoms with van der Waals surface area (Å²) in [5.74, 6) is -0.162. The molecule has 1 aromatic heterocycles. The second-order valence-corrected chi connectivity index (χ2v) is 3.07. The lowest BCUT2D eigenvalue weighted by Gasteiger charge is -2.00. The third-order valence-electron chi connectivity index (χ3n) is 1.90. The van der Waals surface area contributed by atoms with Gasteiger partial charge in [-0.2, -0.15) is 5.10 Å². The summed E-state index contributed by atoms with van der Waals surface area (Å²) in [6.45, 7) is 0.786. The second kappa shape index (κ2) is 5.26. The van der Waals surface area contributed by atoms with E-state index in [4.69, 9.17) is 5.73 Å². The Hall–Kier alpha value is -1.52. The van der Waals surface area contributed by atoms with Crippen LogP contribution in [0.25, 0.3) is 0 Å². The first-order valence-electron chi connectivity index (χ1n) is 4.57. The van der Waals surface area contributed by atoms with Crippen molar-refractivity contribution < 1.29 is 9.53 Å². The van der Waals surface area contributed by atoms with E-state index in [0.29, 0.717) is 12.1 Å². The van der Waals surface area contributed by atoms with Gasteiger partial charge in [-0.25, -0.2) is 0 Å². The standard InChI is InChI=1S/C9H15N3O2/c1-14-9(13)4-2-3-5-12-7-8(10)6-11-12/h6-7H,2-5,10H2,1H3. The van der Waals surface area contributed by atoms with Gasteiger partial charge in [-0.15, -0.1) is 0 Å². The summed E-state index contributed by atoms with van der Waals surface area (Å²) in [6, 6.07) is 0. The van der Waals surface area contributed by atoms with E-state index in [1.54, 1.807) is 17.1 Å². The number of ether oxygens (including phenoxy) is 1. The fourth-order valence-corrected chi connectivity index (χ4v) is 1.15. The van der Waals surface area contributed by atoms with Crippen molar-refractivity contribution >= 4 is 11.7 Å². The molecule has 0 radical (unpaired) electrons. The summed E-state index contributed by atoms with van der Waals surface area (Å²) in [6.07, 6.45) is 5.56. The summed E-state index contributed by atoms with van der Waals surface area (Å²) in [7, 11) is 1.40. The maximum atomic E-state index is 10.8.